The molecule has 8 heteroatoms. The van der Waals surface area contributed by atoms with Gasteiger partial charge in [-0.2, -0.15) is 11.8 Å². The van der Waals surface area contributed by atoms with Crippen molar-refractivity contribution in [2.75, 3.05) is 11.5 Å². The van der Waals surface area contributed by atoms with Crippen LogP contribution in [0.15, 0.2) is 24.3 Å². The van der Waals surface area contributed by atoms with Crippen LogP contribution in [0.2, 0.25) is 0 Å². The minimum Gasteiger partial charge on any atom is -0.480 e. The van der Waals surface area contributed by atoms with Gasteiger partial charge >= 0.3 is 12.0 Å². The van der Waals surface area contributed by atoms with E-state index < -0.39 is 23.4 Å². The Hall–Kier alpha value is -2.22. The second-order valence-corrected chi connectivity index (χ2v) is 6.59. The lowest BCUT2D eigenvalue weighted by Crippen LogP contribution is -2.56. The van der Waals surface area contributed by atoms with Crippen molar-refractivity contribution in [2.45, 2.75) is 24.9 Å². The Labute approximate surface area is 138 Å². The first-order chi connectivity index (χ1) is 10.9. The van der Waals surface area contributed by atoms with Gasteiger partial charge in [0.2, 0.25) is 0 Å². The molecule has 1 aromatic rings. The van der Waals surface area contributed by atoms with Crippen LogP contribution in [0.25, 0.3) is 0 Å². The lowest BCUT2D eigenvalue weighted by Gasteiger charge is -2.33. The molecular formula is C15H19N3O4S. The summed E-state index contributed by atoms with van der Waals surface area (Å²) in [4.78, 5) is 34.6. The van der Waals surface area contributed by atoms with Crippen LogP contribution in [0, 0.1) is 0 Å². The normalized spacial score (nSPS) is 16.3. The van der Waals surface area contributed by atoms with Gasteiger partial charge in [0.15, 0.2) is 0 Å². The van der Waals surface area contributed by atoms with Gasteiger partial charge in [0.25, 0.3) is 5.91 Å². The van der Waals surface area contributed by atoms with Gasteiger partial charge in [0.05, 0.1) is 0 Å². The van der Waals surface area contributed by atoms with Gasteiger partial charge < -0.3 is 21.5 Å². The zero-order valence-electron chi connectivity index (χ0n) is 12.5. The summed E-state index contributed by atoms with van der Waals surface area (Å²) in [6, 6.07) is 5.95. The molecule has 0 aromatic heterocycles. The lowest BCUT2D eigenvalue weighted by molar-refractivity contribution is -0.144. The summed E-state index contributed by atoms with van der Waals surface area (Å²) in [7, 11) is 0. The van der Waals surface area contributed by atoms with Crippen molar-refractivity contribution in [1.82, 2.24) is 10.6 Å². The molecule has 2 rings (SSSR count). The standard InChI is InChI=1S/C15H19N3O4S/c16-14(22)17-9-10-1-3-11(4-2-10)12(19)18-15(13(20)21)5-7-23-8-6-15/h1-4H,5-9H2,(H,18,19)(H,20,21)(H3,16,17,22). The monoisotopic (exact) mass is 337 g/mol. The Balaban J connectivity index is 2.04. The minimum atomic E-state index is -1.19. The van der Waals surface area contributed by atoms with E-state index >= 15 is 0 Å². The van der Waals surface area contributed by atoms with Gasteiger partial charge in [-0.1, -0.05) is 12.1 Å². The van der Waals surface area contributed by atoms with Gasteiger partial charge in [-0.05, 0) is 42.0 Å². The highest BCUT2D eigenvalue weighted by atomic mass is 32.2. The third-order valence-electron chi connectivity index (χ3n) is 3.79. The lowest BCUT2D eigenvalue weighted by atomic mass is 9.91. The molecule has 7 nitrogen and oxygen atoms in total. The van der Waals surface area contributed by atoms with E-state index in [0.29, 0.717) is 29.9 Å². The fourth-order valence-electron chi connectivity index (χ4n) is 2.36. The summed E-state index contributed by atoms with van der Waals surface area (Å²) < 4.78 is 0. The van der Waals surface area contributed by atoms with Crippen molar-refractivity contribution in [3.63, 3.8) is 0 Å². The Morgan fingerprint density at radius 2 is 1.78 bits per heavy atom. The number of nitrogens with two attached hydrogens (primary N) is 1. The molecular weight excluding hydrogens is 318 g/mol. The van der Waals surface area contributed by atoms with Gasteiger partial charge in [0, 0.05) is 12.1 Å². The SMILES string of the molecule is NC(=O)NCc1ccc(C(=O)NC2(C(=O)O)CCSCC2)cc1. The van der Waals surface area contributed by atoms with Crippen molar-refractivity contribution in [3.05, 3.63) is 35.4 Å². The Morgan fingerprint density at radius 1 is 1.17 bits per heavy atom. The van der Waals surface area contributed by atoms with Crippen LogP contribution in [0.1, 0.15) is 28.8 Å². The quantitative estimate of drug-likeness (QED) is 0.637. The molecule has 1 aromatic carbocycles. The van der Waals surface area contributed by atoms with E-state index in [-0.39, 0.29) is 6.54 Å². The molecule has 1 fully saturated rings. The van der Waals surface area contributed by atoms with E-state index in [1.165, 1.54) is 0 Å². The fraction of sp³-hybridized carbons (Fsp3) is 0.400. The number of benzene rings is 1. The summed E-state index contributed by atoms with van der Waals surface area (Å²) >= 11 is 1.69. The maximum atomic E-state index is 12.3. The highest BCUT2D eigenvalue weighted by Gasteiger charge is 2.41. The number of carboxylic acids is 1. The number of hydrogen-bond acceptors (Lipinski definition) is 4. The van der Waals surface area contributed by atoms with E-state index in [4.69, 9.17) is 5.73 Å². The van der Waals surface area contributed by atoms with E-state index in [0.717, 1.165) is 5.56 Å². The molecule has 0 unspecified atom stereocenters. The number of hydrogen-bond donors (Lipinski definition) is 4. The van der Waals surface area contributed by atoms with Crippen molar-refractivity contribution in [2.24, 2.45) is 5.73 Å². The predicted octanol–water partition coefficient (Wildman–Crippen LogP) is 0.935. The first-order valence-corrected chi connectivity index (χ1v) is 8.34. The molecule has 124 valence electrons. The molecule has 23 heavy (non-hydrogen) atoms. The van der Waals surface area contributed by atoms with Gasteiger partial charge in [0.1, 0.15) is 5.54 Å². The number of rotatable bonds is 5. The molecule has 3 amide bonds. The van der Waals surface area contributed by atoms with Crippen LogP contribution in [0.3, 0.4) is 0 Å². The van der Waals surface area contributed by atoms with Crippen molar-refractivity contribution < 1.29 is 19.5 Å². The molecule has 0 radical (unpaired) electrons. The first kappa shape index (κ1) is 17.1. The Kier molecular flexibility index (Phi) is 5.49. The van der Waals surface area contributed by atoms with Crippen LogP contribution < -0.4 is 16.4 Å². The zero-order valence-corrected chi connectivity index (χ0v) is 13.3. The van der Waals surface area contributed by atoms with Crippen molar-refractivity contribution in [3.8, 4) is 0 Å². The highest BCUT2D eigenvalue weighted by molar-refractivity contribution is 7.99. The molecule has 1 heterocycles. The number of carbonyl (C=O) groups excluding carboxylic acids is 2. The largest absolute Gasteiger partial charge is 0.480 e. The Bertz CT molecular complexity index is 597. The number of aliphatic carboxylic acids is 1. The van der Waals surface area contributed by atoms with Gasteiger partial charge in [-0.15, -0.1) is 0 Å². The summed E-state index contributed by atoms with van der Waals surface area (Å²) in [5, 5.41) is 14.6. The number of nitrogens with one attached hydrogen (secondary N) is 2. The number of carboxylic acid groups (broad SMARTS) is 1. The molecule has 0 atom stereocenters. The summed E-state index contributed by atoms with van der Waals surface area (Å²) in [5.74, 6) is 0.0244. The van der Waals surface area contributed by atoms with Gasteiger partial charge in [-0.25, -0.2) is 9.59 Å². The zero-order chi connectivity index (χ0) is 16.9. The summed E-state index contributed by atoms with van der Waals surface area (Å²) in [6.45, 7) is 0.271. The minimum absolute atomic E-state index is 0.271. The smallest absolute Gasteiger partial charge is 0.329 e. The predicted molar refractivity (Wildman–Crippen MR) is 87.3 cm³/mol. The third-order valence-corrected chi connectivity index (χ3v) is 4.78. The Morgan fingerprint density at radius 3 is 2.30 bits per heavy atom. The van der Waals surface area contributed by atoms with E-state index in [1.807, 2.05) is 0 Å². The molecule has 1 saturated heterocycles. The number of carbonyl (C=O) groups is 3. The second kappa shape index (κ2) is 7.36. The van der Waals surface area contributed by atoms with E-state index in [1.54, 1.807) is 36.0 Å². The number of primary amides is 1. The fourth-order valence-corrected chi connectivity index (χ4v) is 3.55. The van der Waals surface area contributed by atoms with Crippen LogP contribution in [0.5, 0.6) is 0 Å². The van der Waals surface area contributed by atoms with Crippen LogP contribution in [0.4, 0.5) is 4.79 Å². The maximum Gasteiger partial charge on any atom is 0.329 e. The van der Waals surface area contributed by atoms with Crippen molar-refractivity contribution >= 4 is 29.7 Å². The third kappa shape index (κ3) is 4.38. The number of thioether (sulfide) groups is 1. The molecule has 1 aliphatic heterocycles. The topological polar surface area (TPSA) is 122 Å². The molecule has 1 aliphatic rings. The molecule has 0 saturated carbocycles. The second-order valence-electron chi connectivity index (χ2n) is 5.37. The van der Waals surface area contributed by atoms with Gasteiger partial charge in [-0.3, -0.25) is 4.79 Å². The molecule has 5 N–H and O–H groups in total. The van der Waals surface area contributed by atoms with E-state index in [2.05, 4.69) is 10.6 Å². The van der Waals surface area contributed by atoms with Crippen LogP contribution in [-0.2, 0) is 11.3 Å². The van der Waals surface area contributed by atoms with Crippen LogP contribution >= 0.6 is 11.8 Å². The molecule has 0 bridgehead atoms. The number of urea groups is 1. The van der Waals surface area contributed by atoms with Crippen LogP contribution in [-0.4, -0.2) is 40.1 Å². The average Bonchev–Trinajstić information content (AvgIpc) is 2.54. The number of amides is 3. The van der Waals surface area contributed by atoms with Crippen molar-refractivity contribution in [1.29, 1.82) is 0 Å². The molecule has 0 spiro atoms. The van der Waals surface area contributed by atoms with E-state index in [9.17, 15) is 19.5 Å². The average molecular weight is 337 g/mol. The maximum absolute atomic E-state index is 12.3. The summed E-state index contributed by atoms with van der Waals surface area (Å²) in [6.07, 6.45) is 0.832. The summed E-state index contributed by atoms with van der Waals surface area (Å²) in [5.41, 5.74) is 4.98. The molecule has 0 aliphatic carbocycles. The highest BCUT2D eigenvalue weighted by Crippen LogP contribution is 2.27. The first-order valence-electron chi connectivity index (χ1n) is 7.19.